The maximum absolute atomic E-state index is 13.1. The van der Waals surface area contributed by atoms with Crippen molar-refractivity contribution in [1.29, 1.82) is 0 Å². The van der Waals surface area contributed by atoms with Gasteiger partial charge in [-0.3, -0.25) is 14.5 Å². The van der Waals surface area contributed by atoms with Crippen molar-refractivity contribution in [3.8, 4) is 0 Å². The summed E-state index contributed by atoms with van der Waals surface area (Å²) in [5, 5.41) is 3.35. The molecule has 2 aromatic rings. The van der Waals surface area contributed by atoms with E-state index in [1.807, 2.05) is 13.0 Å². The van der Waals surface area contributed by atoms with Gasteiger partial charge < -0.3 is 5.32 Å². The quantitative estimate of drug-likeness (QED) is 0.915. The number of carbonyl (C=O) groups is 2. The van der Waals surface area contributed by atoms with Gasteiger partial charge in [0, 0.05) is 22.8 Å². The number of rotatable bonds is 3. The number of nitrogens with zero attached hydrogens (tertiary/aromatic N) is 1. The third-order valence-corrected chi connectivity index (χ3v) is 4.47. The van der Waals surface area contributed by atoms with E-state index in [9.17, 15) is 14.0 Å². The zero-order valence-corrected chi connectivity index (χ0v) is 13.8. The molecule has 0 spiro atoms. The lowest BCUT2D eigenvalue weighted by Gasteiger charge is -2.24. The molecule has 1 N–H and O–H groups in total. The molecule has 1 saturated heterocycles. The SMILES string of the molecule is Cc1ccc(NC(=O)C2CCC(=O)N2c2ccc(F)cc2)cc1Cl. The highest BCUT2D eigenvalue weighted by atomic mass is 35.5. The molecule has 0 aromatic heterocycles. The van der Waals surface area contributed by atoms with Crippen LogP contribution in [0.15, 0.2) is 42.5 Å². The van der Waals surface area contributed by atoms with Crippen molar-refractivity contribution in [2.75, 3.05) is 10.2 Å². The molecule has 2 amide bonds. The molecule has 1 fully saturated rings. The van der Waals surface area contributed by atoms with E-state index in [1.165, 1.54) is 29.2 Å². The summed E-state index contributed by atoms with van der Waals surface area (Å²) in [6.45, 7) is 1.87. The standard InChI is InChI=1S/C18H16ClFN2O2/c1-11-2-5-13(10-15(11)19)21-18(24)16-8-9-17(23)22(16)14-6-3-12(20)4-7-14/h2-7,10,16H,8-9H2,1H3,(H,21,24). The maximum Gasteiger partial charge on any atom is 0.247 e. The molecule has 0 aliphatic carbocycles. The number of hydrogen-bond donors (Lipinski definition) is 1. The molecule has 6 heteroatoms. The molecule has 2 aromatic carbocycles. The van der Waals surface area contributed by atoms with Gasteiger partial charge >= 0.3 is 0 Å². The smallest absolute Gasteiger partial charge is 0.247 e. The lowest BCUT2D eigenvalue weighted by molar-refractivity contribution is -0.120. The van der Waals surface area contributed by atoms with Gasteiger partial charge in [-0.1, -0.05) is 17.7 Å². The van der Waals surface area contributed by atoms with Gasteiger partial charge in [-0.2, -0.15) is 0 Å². The Balaban J connectivity index is 1.81. The molecule has 24 heavy (non-hydrogen) atoms. The van der Waals surface area contributed by atoms with Crippen molar-refractivity contribution in [1.82, 2.24) is 0 Å². The van der Waals surface area contributed by atoms with Crippen LogP contribution >= 0.6 is 11.6 Å². The fraction of sp³-hybridized carbons (Fsp3) is 0.222. The number of aryl methyl sites for hydroxylation is 1. The molecule has 1 aliphatic rings. The summed E-state index contributed by atoms with van der Waals surface area (Å²) in [6, 6.07) is 10.2. The minimum absolute atomic E-state index is 0.149. The average molecular weight is 347 g/mol. The van der Waals surface area contributed by atoms with E-state index in [-0.39, 0.29) is 24.1 Å². The molecule has 0 radical (unpaired) electrons. The molecule has 1 unspecified atom stereocenters. The summed E-state index contributed by atoms with van der Waals surface area (Å²) in [4.78, 5) is 26.2. The largest absolute Gasteiger partial charge is 0.324 e. The normalized spacial score (nSPS) is 17.2. The summed E-state index contributed by atoms with van der Waals surface area (Å²) in [5.74, 6) is -0.825. The predicted molar refractivity (Wildman–Crippen MR) is 91.7 cm³/mol. The first-order valence-corrected chi connectivity index (χ1v) is 7.98. The lowest BCUT2D eigenvalue weighted by atomic mass is 10.1. The van der Waals surface area contributed by atoms with Crippen LogP contribution in [0.1, 0.15) is 18.4 Å². The molecule has 1 atom stereocenters. The van der Waals surface area contributed by atoms with Crippen LogP contribution in [0.3, 0.4) is 0 Å². The van der Waals surface area contributed by atoms with E-state index in [0.717, 1.165) is 5.56 Å². The van der Waals surface area contributed by atoms with Crippen molar-refractivity contribution in [3.63, 3.8) is 0 Å². The zero-order chi connectivity index (χ0) is 17.3. The summed E-state index contributed by atoms with van der Waals surface area (Å²) in [6.07, 6.45) is 0.700. The number of amides is 2. The molecule has 124 valence electrons. The van der Waals surface area contributed by atoms with E-state index >= 15 is 0 Å². The van der Waals surface area contributed by atoms with E-state index in [0.29, 0.717) is 22.8 Å². The Labute approximate surface area is 144 Å². The van der Waals surface area contributed by atoms with Gasteiger partial charge in [-0.05, 0) is 55.3 Å². The number of carbonyl (C=O) groups excluding carboxylic acids is 2. The Kier molecular flexibility index (Phi) is 4.53. The third-order valence-electron chi connectivity index (χ3n) is 4.06. The molecular formula is C18H16ClFN2O2. The molecule has 0 bridgehead atoms. The summed E-state index contributed by atoms with van der Waals surface area (Å²) >= 11 is 6.07. The van der Waals surface area contributed by atoms with Gasteiger partial charge in [0.2, 0.25) is 11.8 Å². The van der Waals surface area contributed by atoms with Gasteiger partial charge in [-0.25, -0.2) is 4.39 Å². The number of hydrogen-bond acceptors (Lipinski definition) is 2. The van der Waals surface area contributed by atoms with Crippen molar-refractivity contribution < 1.29 is 14.0 Å². The molecular weight excluding hydrogens is 331 g/mol. The topological polar surface area (TPSA) is 49.4 Å². The predicted octanol–water partition coefficient (Wildman–Crippen LogP) is 3.92. The zero-order valence-electron chi connectivity index (χ0n) is 13.1. The Bertz CT molecular complexity index is 792. The lowest BCUT2D eigenvalue weighted by Crippen LogP contribution is -2.41. The fourth-order valence-electron chi connectivity index (χ4n) is 2.75. The van der Waals surface area contributed by atoms with E-state index < -0.39 is 6.04 Å². The Morgan fingerprint density at radius 2 is 1.96 bits per heavy atom. The Morgan fingerprint density at radius 3 is 2.62 bits per heavy atom. The fourth-order valence-corrected chi connectivity index (χ4v) is 2.93. The van der Waals surface area contributed by atoms with Crippen LogP contribution in [0.2, 0.25) is 5.02 Å². The average Bonchev–Trinajstić information content (AvgIpc) is 2.93. The maximum atomic E-state index is 13.1. The van der Waals surface area contributed by atoms with Crippen LogP contribution in [0.4, 0.5) is 15.8 Å². The Morgan fingerprint density at radius 1 is 1.25 bits per heavy atom. The highest BCUT2D eigenvalue weighted by molar-refractivity contribution is 6.31. The number of halogens is 2. The van der Waals surface area contributed by atoms with Gasteiger partial charge in [-0.15, -0.1) is 0 Å². The Hall–Kier alpha value is -2.40. The van der Waals surface area contributed by atoms with Crippen LogP contribution in [-0.4, -0.2) is 17.9 Å². The van der Waals surface area contributed by atoms with Gasteiger partial charge in [0.15, 0.2) is 0 Å². The number of nitrogens with one attached hydrogen (secondary N) is 1. The first-order chi connectivity index (χ1) is 11.5. The third kappa shape index (κ3) is 3.26. The van der Waals surface area contributed by atoms with Crippen molar-refractivity contribution >= 4 is 34.8 Å². The van der Waals surface area contributed by atoms with Crippen LogP contribution in [0, 0.1) is 12.7 Å². The van der Waals surface area contributed by atoms with E-state index in [2.05, 4.69) is 5.32 Å². The molecule has 1 heterocycles. The van der Waals surface area contributed by atoms with Crippen molar-refractivity contribution in [2.45, 2.75) is 25.8 Å². The van der Waals surface area contributed by atoms with Gasteiger partial charge in [0.1, 0.15) is 11.9 Å². The molecule has 1 aliphatic heterocycles. The van der Waals surface area contributed by atoms with Crippen LogP contribution in [0.5, 0.6) is 0 Å². The monoisotopic (exact) mass is 346 g/mol. The first-order valence-electron chi connectivity index (χ1n) is 7.60. The minimum atomic E-state index is -0.622. The van der Waals surface area contributed by atoms with E-state index in [4.69, 9.17) is 11.6 Å². The van der Waals surface area contributed by atoms with E-state index in [1.54, 1.807) is 12.1 Å². The highest BCUT2D eigenvalue weighted by Crippen LogP contribution is 2.28. The molecule has 3 rings (SSSR count). The summed E-state index contributed by atoms with van der Waals surface area (Å²) in [7, 11) is 0. The summed E-state index contributed by atoms with van der Waals surface area (Å²) in [5.41, 5.74) is 2.01. The number of anilines is 2. The molecule has 4 nitrogen and oxygen atoms in total. The van der Waals surface area contributed by atoms with Crippen molar-refractivity contribution in [2.24, 2.45) is 0 Å². The first kappa shape index (κ1) is 16.5. The highest BCUT2D eigenvalue weighted by Gasteiger charge is 2.37. The second-order valence-corrected chi connectivity index (χ2v) is 6.16. The second-order valence-electron chi connectivity index (χ2n) is 5.75. The van der Waals surface area contributed by atoms with Crippen LogP contribution in [0.25, 0.3) is 0 Å². The van der Waals surface area contributed by atoms with Crippen LogP contribution < -0.4 is 10.2 Å². The second kappa shape index (κ2) is 6.61. The van der Waals surface area contributed by atoms with Gasteiger partial charge in [0.05, 0.1) is 0 Å². The molecule has 0 saturated carbocycles. The number of benzene rings is 2. The van der Waals surface area contributed by atoms with Crippen LogP contribution in [-0.2, 0) is 9.59 Å². The van der Waals surface area contributed by atoms with Crippen molar-refractivity contribution in [3.05, 3.63) is 58.9 Å². The minimum Gasteiger partial charge on any atom is -0.324 e. The summed E-state index contributed by atoms with van der Waals surface area (Å²) < 4.78 is 13.1. The van der Waals surface area contributed by atoms with Gasteiger partial charge in [0.25, 0.3) is 0 Å².